The van der Waals surface area contributed by atoms with Gasteiger partial charge >= 0.3 is 0 Å². The number of ether oxygens (including phenoxy) is 2. The van der Waals surface area contributed by atoms with E-state index in [-0.39, 0.29) is 12.2 Å². The molecule has 0 spiro atoms. The van der Waals surface area contributed by atoms with E-state index in [2.05, 4.69) is 26.1 Å². The molecule has 0 amide bonds. The first-order valence-corrected chi connectivity index (χ1v) is 21.1. The lowest BCUT2D eigenvalue weighted by atomic mass is 10.1. The summed E-state index contributed by atoms with van der Waals surface area (Å²) >= 11 is 4.39. The Balaban J connectivity index is 2.08. The van der Waals surface area contributed by atoms with Crippen molar-refractivity contribution in [3.8, 4) is 11.5 Å². The smallest absolute Gasteiger partial charge is 0.199 e. The molecule has 0 aliphatic heterocycles. The van der Waals surface area contributed by atoms with Gasteiger partial charge in [-0.15, -0.1) is 10.1 Å². The number of rotatable bonds is 24. The van der Waals surface area contributed by atoms with E-state index in [4.69, 9.17) is 9.47 Å². The second-order valence-corrected chi connectivity index (χ2v) is 19.4. The van der Waals surface area contributed by atoms with Crippen LogP contribution in [0.3, 0.4) is 0 Å². The number of para-hydroxylation sites is 2. The highest BCUT2D eigenvalue weighted by Gasteiger charge is 2.23. The van der Waals surface area contributed by atoms with Crippen LogP contribution >= 0.6 is 17.9 Å². The van der Waals surface area contributed by atoms with Gasteiger partial charge in [0.05, 0.1) is 0 Å². The van der Waals surface area contributed by atoms with Crippen LogP contribution in [0.5, 0.6) is 11.5 Å². The average Bonchev–Trinajstić information content (AvgIpc) is 2.96. The van der Waals surface area contributed by atoms with E-state index in [0.29, 0.717) is 11.5 Å². The maximum Gasteiger partial charge on any atom is 0.199 e. The molecule has 2 aromatic carbocycles. The van der Waals surface area contributed by atoms with Crippen molar-refractivity contribution in [2.75, 3.05) is 11.5 Å². The molecule has 2 rings (SSSR count). The van der Waals surface area contributed by atoms with Crippen molar-refractivity contribution in [3.05, 3.63) is 60.7 Å². The Morgan fingerprint density at radius 1 is 0.585 bits per heavy atom. The molecule has 0 bridgehead atoms. The van der Waals surface area contributed by atoms with Crippen molar-refractivity contribution in [3.63, 3.8) is 0 Å². The second kappa shape index (κ2) is 22.6. The zero-order chi connectivity index (χ0) is 29.6. The molecule has 234 valence electrons. The monoisotopic (exact) mass is 624 g/mol. The van der Waals surface area contributed by atoms with Gasteiger partial charge in [-0.1, -0.05) is 140 Å². The van der Waals surface area contributed by atoms with Gasteiger partial charge in [-0.25, -0.2) is 0 Å². The quantitative estimate of drug-likeness (QED) is 0.0618. The highest BCUT2D eigenvalue weighted by molar-refractivity contribution is 8.65. The van der Waals surface area contributed by atoms with Gasteiger partial charge in [-0.05, 0) is 49.9 Å². The molecule has 0 heterocycles. The lowest BCUT2D eigenvalue weighted by Crippen LogP contribution is -2.31. The SMILES string of the molecule is CCCCCCCCCC(CS(CC(CCCCCCCCC)Oc1ccccc1)=P(O)(O)S)Oc1ccccc1. The Morgan fingerprint density at radius 2 is 0.927 bits per heavy atom. The van der Waals surface area contributed by atoms with Crippen LogP contribution in [0.2, 0.25) is 0 Å². The summed E-state index contributed by atoms with van der Waals surface area (Å²) in [5.41, 5.74) is -3.40. The van der Waals surface area contributed by atoms with Crippen LogP contribution < -0.4 is 9.47 Å². The lowest BCUT2D eigenvalue weighted by Gasteiger charge is -2.27. The molecule has 0 saturated heterocycles. The minimum Gasteiger partial charge on any atom is -0.490 e. The largest absolute Gasteiger partial charge is 0.490 e. The van der Waals surface area contributed by atoms with Gasteiger partial charge in [0.1, 0.15) is 23.7 Å². The van der Waals surface area contributed by atoms with Crippen molar-refractivity contribution in [1.82, 2.24) is 0 Å². The van der Waals surface area contributed by atoms with Gasteiger partial charge in [0.25, 0.3) is 0 Å². The minimum absolute atomic E-state index is 0.0851. The molecule has 0 aliphatic carbocycles. The van der Waals surface area contributed by atoms with E-state index >= 15 is 0 Å². The first-order valence-electron chi connectivity index (χ1n) is 16.1. The Kier molecular flexibility index (Phi) is 20.0. The average molecular weight is 625 g/mol. The molecule has 0 fully saturated rings. The fraction of sp³-hybridized carbons (Fsp3) is 0.647. The highest BCUT2D eigenvalue weighted by Crippen LogP contribution is 2.48. The van der Waals surface area contributed by atoms with E-state index in [1.165, 1.54) is 77.0 Å². The van der Waals surface area contributed by atoms with Crippen molar-refractivity contribution in [1.29, 1.82) is 0 Å². The summed E-state index contributed by atoms with van der Waals surface area (Å²) in [6, 6.07) is 19.9. The zero-order valence-corrected chi connectivity index (χ0v) is 28.3. The maximum atomic E-state index is 10.9. The van der Waals surface area contributed by atoms with E-state index in [0.717, 1.165) is 37.2 Å². The van der Waals surface area contributed by atoms with Crippen molar-refractivity contribution < 1.29 is 19.3 Å². The molecule has 0 aliphatic rings. The van der Waals surface area contributed by atoms with Crippen LogP contribution in [-0.2, 0) is 10.1 Å². The predicted octanol–water partition coefficient (Wildman–Crippen LogP) is 10.4. The van der Waals surface area contributed by atoms with Crippen LogP contribution in [0, 0.1) is 0 Å². The molecule has 7 heteroatoms. The van der Waals surface area contributed by atoms with Crippen LogP contribution in [0.4, 0.5) is 0 Å². The summed E-state index contributed by atoms with van der Waals surface area (Å²) in [7, 11) is -0.736. The highest BCUT2D eigenvalue weighted by atomic mass is 32.9. The number of benzene rings is 2. The summed E-state index contributed by atoms with van der Waals surface area (Å²) in [4.78, 5) is 21.8. The molecule has 0 aromatic heterocycles. The van der Waals surface area contributed by atoms with Crippen LogP contribution in [0.15, 0.2) is 60.7 Å². The Bertz CT molecular complexity index is 876. The van der Waals surface area contributed by atoms with E-state index in [9.17, 15) is 9.79 Å². The molecule has 0 saturated carbocycles. The molecule has 0 radical (unpaired) electrons. The molecule has 2 atom stereocenters. The first kappa shape index (κ1) is 36.3. The molecule has 2 aromatic rings. The number of thiol groups is 1. The molecular formula is C34H57O4PS2. The van der Waals surface area contributed by atoms with Crippen molar-refractivity contribution in [2.45, 2.75) is 129 Å². The molecule has 2 N–H and O–H groups in total. The third-order valence-electron chi connectivity index (χ3n) is 7.45. The fourth-order valence-corrected chi connectivity index (χ4v) is 10.4. The van der Waals surface area contributed by atoms with Gasteiger partial charge in [-0.3, -0.25) is 0 Å². The lowest BCUT2D eigenvalue weighted by molar-refractivity contribution is 0.205. The summed E-state index contributed by atoms with van der Waals surface area (Å²) in [5.74, 6) is 2.84. The number of unbranched alkanes of at least 4 members (excludes halogenated alkanes) is 12. The van der Waals surface area contributed by atoms with E-state index in [1.54, 1.807) is 0 Å². The van der Waals surface area contributed by atoms with Crippen molar-refractivity contribution >= 4 is 28.0 Å². The topological polar surface area (TPSA) is 58.9 Å². The molecular weight excluding hydrogens is 567 g/mol. The standard InChI is InChI=1S/C34H57O4PS2/c1-3-5-7-9-11-13-17-27-33(37-31-23-19-15-20-24-31)29-41(39(35,36)40)30-34(38-32-25-21-16-22-26-32)28-18-14-12-10-8-6-4-2/h15-16,19-26,33-36,40H,3-14,17-18,27-30H2,1-2H3. The van der Waals surface area contributed by atoms with Crippen molar-refractivity contribution in [2.24, 2.45) is 0 Å². The van der Waals surface area contributed by atoms with Gasteiger partial charge in [0, 0.05) is 11.5 Å². The van der Waals surface area contributed by atoms with Crippen LogP contribution in [0.1, 0.15) is 117 Å². The number of hydrogen-bond acceptors (Lipinski definition) is 2. The summed E-state index contributed by atoms with van der Waals surface area (Å²) < 4.78 is 12.9. The number of hydrogen-bond donors (Lipinski definition) is 3. The Labute approximate surface area is 258 Å². The Morgan fingerprint density at radius 3 is 1.27 bits per heavy atom. The normalized spacial score (nSPS) is 14.0. The third kappa shape index (κ3) is 17.7. The minimum atomic E-state index is -3.40. The van der Waals surface area contributed by atoms with Gasteiger partial charge in [0.2, 0.25) is 0 Å². The second-order valence-electron chi connectivity index (χ2n) is 11.2. The predicted molar refractivity (Wildman–Crippen MR) is 184 cm³/mol. The Hall–Kier alpha value is -0.910. The van der Waals surface area contributed by atoms with Crippen LogP contribution in [0.25, 0.3) is 0 Å². The van der Waals surface area contributed by atoms with E-state index in [1.807, 2.05) is 60.7 Å². The maximum absolute atomic E-state index is 10.9. The summed E-state index contributed by atoms with van der Waals surface area (Å²) in [6.07, 6.45) is 19.0. The summed E-state index contributed by atoms with van der Waals surface area (Å²) in [6.45, 7) is 4.50. The third-order valence-corrected chi connectivity index (χ3v) is 14.7. The van der Waals surface area contributed by atoms with E-state index < -0.39 is 15.8 Å². The van der Waals surface area contributed by atoms with Gasteiger partial charge in [-0.2, -0.15) is 0 Å². The summed E-state index contributed by atoms with van der Waals surface area (Å²) in [5, 5.41) is 0. The molecule has 4 nitrogen and oxygen atoms in total. The van der Waals surface area contributed by atoms with Crippen LogP contribution in [-0.4, -0.2) is 33.5 Å². The van der Waals surface area contributed by atoms with Gasteiger partial charge in [0.15, 0.2) is 5.69 Å². The first-order chi connectivity index (χ1) is 19.9. The molecule has 2 unspecified atom stereocenters. The molecule has 41 heavy (non-hydrogen) atoms. The fourth-order valence-electron chi connectivity index (χ4n) is 5.09. The van der Waals surface area contributed by atoms with Gasteiger partial charge < -0.3 is 19.3 Å². The zero-order valence-electron chi connectivity index (χ0n) is 25.7.